The minimum absolute atomic E-state index is 0.00614. The number of ether oxygens (including phenoxy) is 2. The first kappa shape index (κ1) is 23.3. The molecule has 0 spiro atoms. The van der Waals surface area contributed by atoms with Gasteiger partial charge < -0.3 is 19.7 Å². The minimum Gasteiger partial charge on any atom is -0.497 e. The maximum absolute atomic E-state index is 13.2. The number of aryl methyl sites for hydroxylation is 1. The largest absolute Gasteiger partial charge is 0.497 e. The van der Waals surface area contributed by atoms with Gasteiger partial charge in [0.1, 0.15) is 5.75 Å². The number of likely N-dealkylation sites (tertiary alicyclic amines) is 1. The fraction of sp³-hybridized carbons (Fsp3) is 0.481. The van der Waals surface area contributed by atoms with E-state index in [9.17, 15) is 9.59 Å². The van der Waals surface area contributed by atoms with Crippen molar-refractivity contribution in [3.8, 4) is 5.75 Å². The number of nitrogens with one attached hydrogen (secondary N) is 1. The lowest BCUT2D eigenvalue weighted by atomic mass is 9.74. The maximum atomic E-state index is 13.2. The number of rotatable bonds is 6. The molecule has 0 aromatic heterocycles. The van der Waals surface area contributed by atoms with Crippen LogP contribution in [0.1, 0.15) is 47.2 Å². The molecule has 2 saturated heterocycles. The van der Waals surface area contributed by atoms with Crippen LogP contribution in [0.3, 0.4) is 0 Å². The third-order valence-corrected chi connectivity index (χ3v) is 7.13. The highest BCUT2D eigenvalue weighted by Crippen LogP contribution is 2.35. The first-order valence-corrected chi connectivity index (χ1v) is 11.9. The topological polar surface area (TPSA) is 67.9 Å². The Hall–Kier alpha value is -2.86. The Morgan fingerprint density at radius 3 is 2.45 bits per heavy atom. The second-order valence-electron chi connectivity index (χ2n) is 9.30. The number of hydrogen-bond donors (Lipinski definition) is 1. The molecular formula is C27H34N2O4. The molecule has 2 fully saturated rings. The summed E-state index contributed by atoms with van der Waals surface area (Å²) in [6.07, 6.45) is 3.37. The zero-order valence-corrected chi connectivity index (χ0v) is 19.6. The molecule has 1 atom stereocenters. The van der Waals surface area contributed by atoms with E-state index in [4.69, 9.17) is 9.47 Å². The van der Waals surface area contributed by atoms with Crippen LogP contribution in [0.25, 0.3) is 0 Å². The molecule has 2 heterocycles. The van der Waals surface area contributed by atoms with Gasteiger partial charge in [0.05, 0.1) is 13.0 Å². The van der Waals surface area contributed by atoms with Gasteiger partial charge >= 0.3 is 0 Å². The van der Waals surface area contributed by atoms with Crippen molar-refractivity contribution in [3.63, 3.8) is 0 Å². The molecular weight excluding hydrogens is 416 g/mol. The summed E-state index contributed by atoms with van der Waals surface area (Å²) in [6.45, 7) is 5.12. The van der Waals surface area contributed by atoms with Crippen LogP contribution >= 0.6 is 0 Å². The van der Waals surface area contributed by atoms with Gasteiger partial charge in [-0.3, -0.25) is 9.59 Å². The summed E-state index contributed by atoms with van der Waals surface area (Å²) in [4.78, 5) is 27.9. The first-order valence-electron chi connectivity index (χ1n) is 11.9. The van der Waals surface area contributed by atoms with Crippen molar-refractivity contribution in [2.24, 2.45) is 5.92 Å². The van der Waals surface area contributed by atoms with Gasteiger partial charge in [0, 0.05) is 43.8 Å². The summed E-state index contributed by atoms with van der Waals surface area (Å²) < 4.78 is 10.9. The van der Waals surface area contributed by atoms with Crippen molar-refractivity contribution in [1.82, 2.24) is 10.2 Å². The number of hydrogen-bond acceptors (Lipinski definition) is 4. The van der Waals surface area contributed by atoms with E-state index in [2.05, 4.69) is 17.4 Å². The molecule has 0 radical (unpaired) electrons. The quantitative estimate of drug-likeness (QED) is 0.728. The monoisotopic (exact) mass is 450 g/mol. The molecule has 33 heavy (non-hydrogen) atoms. The molecule has 2 aliphatic heterocycles. The van der Waals surface area contributed by atoms with E-state index in [0.717, 1.165) is 37.0 Å². The number of piperidine rings is 1. The predicted octanol–water partition coefficient (Wildman–Crippen LogP) is 3.72. The Morgan fingerprint density at radius 1 is 1.09 bits per heavy atom. The third kappa shape index (κ3) is 5.38. The van der Waals surface area contributed by atoms with Gasteiger partial charge in [-0.1, -0.05) is 29.8 Å². The number of carbonyl (C=O) groups excluding carboxylic acids is 2. The van der Waals surface area contributed by atoms with E-state index in [-0.39, 0.29) is 23.1 Å². The van der Waals surface area contributed by atoms with Gasteiger partial charge in [0.15, 0.2) is 0 Å². The fourth-order valence-corrected chi connectivity index (χ4v) is 4.93. The molecule has 6 heteroatoms. The number of nitrogens with zero attached hydrogens (tertiary/aromatic N) is 1. The second kappa shape index (κ2) is 10.4. The molecule has 4 rings (SSSR count). The number of methoxy groups -OCH3 is 1. The van der Waals surface area contributed by atoms with E-state index in [1.807, 2.05) is 48.2 Å². The molecule has 176 valence electrons. The van der Waals surface area contributed by atoms with Gasteiger partial charge in [0.2, 0.25) is 5.91 Å². The van der Waals surface area contributed by atoms with E-state index in [1.54, 1.807) is 7.11 Å². The molecule has 2 aromatic carbocycles. The van der Waals surface area contributed by atoms with Crippen molar-refractivity contribution < 1.29 is 19.1 Å². The first-order chi connectivity index (χ1) is 16.0. The lowest BCUT2D eigenvalue weighted by Crippen LogP contribution is -2.49. The average Bonchev–Trinajstić information content (AvgIpc) is 2.88. The number of amides is 2. The summed E-state index contributed by atoms with van der Waals surface area (Å²) in [6, 6.07) is 15.8. The Balaban J connectivity index is 1.40. The minimum atomic E-state index is -0.180. The fourth-order valence-electron chi connectivity index (χ4n) is 4.93. The van der Waals surface area contributed by atoms with Crippen LogP contribution in [-0.4, -0.2) is 56.7 Å². The van der Waals surface area contributed by atoms with E-state index < -0.39 is 0 Å². The van der Waals surface area contributed by atoms with E-state index in [0.29, 0.717) is 38.4 Å². The van der Waals surface area contributed by atoms with Crippen LogP contribution in [0.15, 0.2) is 48.5 Å². The Kier molecular flexibility index (Phi) is 7.33. The van der Waals surface area contributed by atoms with Crippen molar-refractivity contribution in [2.75, 3.05) is 40.0 Å². The normalized spacial score (nSPS) is 20.2. The molecule has 0 saturated carbocycles. The summed E-state index contributed by atoms with van der Waals surface area (Å²) >= 11 is 0. The van der Waals surface area contributed by atoms with Crippen LogP contribution in [-0.2, 0) is 14.9 Å². The zero-order valence-electron chi connectivity index (χ0n) is 19.6. The van der Waals surface area contributed by atoms with Gasteiger partial charge in [0.25, 0.3) is 5.91 Å². The summed E-state index contributed by atoms with van der Waals surface area (Å²) in [5, 5.41) is 3.23. The molecule has 1 unspecified atom stereocenters. The summed E-state index contributed by atoms with van der Waals surface area (Å²) in [7, 11) is 1.66. The number of benzene rings is 2. The molecule has 6 nitrogen and oxygen atoms in total. The van der Waals surface area contributed by atoms with Crippen molar-refractivity contribution in [2.45, 2.75) is 38.0 Å². The Bertz CT molecular complexity index is 949. The van der Waals surface area contributed by atoms with Crippen LogP contribution in [0.4, 0.5) is 0 Å². The number of carbonyl (C=O) groups is 2. The van der Waals surface area contributed by atoms with Crippen LogP contribution in [0.2, 0.25) is 0 Å². The maximum Gasteiger partial charge on any atom is 0.253 e. The average molecular weight is 451 g/mol. The van der Waals surface area contributed by atoms with Crippen LogP contribution < -0.4 is 10.1 Å². The highest BCUT2D eigenvalue weighted by molar-refractivity contribution is 5.94. The zero-order chi connectivity index (χ0) is 23.3. The third-order valence-electron chi connectivity index (χ3n) is 7.13. The SMILES string of the molecule is COc1ccc(C2(CNC(=O)C3CCCN(C(=O)c4ccc(C)cc4)C3)CCOCC2)cc1. The van der Waals surface area contributed by atoms with Crippen molar-refractivity contribution in [1.29, 1.82) is 0 Å². The Morgan fingerprint density at radius 2 is 1.79 bits per heavy atom. The molecule has 2 amide bonds. The van der Waals surface area contributed by atoms with E-state index >= 15 is 0 Å². The smallest absolute Gasteiger partial charge is 0.253 e. The second-order valence-corrected chi connectivity index (χ2v) is 9.30. The molecule has 2 aromatic rings. The highest BCUT2D eigenvalue weighted by atomic mass is 16.5. The highest BCUT2D eigenvalue weighted by Gasteiger charge is 2.36. The van der Waals surface area contributed by atoms with Gasteiger partial charge in [-0.2, -0.15) is 0 Å². The van der Waals surface area contributed by atoms with Gasteiger partial charge in [-0.05, 0) is 62.4 Å². The molecule has 1 N–H and O–H groups in total. The summed E-state index contributed by atoms with van der Waals surface area (Å²) in [5.74, 6) is 0.689. The Labute approximate surface area is 196 Å². The van der Waals surface area contributed by atoms with Crippen molar-refractivity contribution in [3.05, 3.63) is 65.2 Å². The van der Waals surface area contributed by atoms with Crippen LogP contribution in [0.5, 0.6) is 5.75 Å². The molecule has 0 aliphatic carbocycles. The summed E-state index contributed by atoms with van der Waals surface area (Å²) in [5.41, 5.74) is 2.86. The van der Waals surface area contributed by atoms with Crippen LogP contribution in [0, 0.1) is 12.8 Å². The lowest BCUT2D eigenvalue weighted by molar-refractivity contribution is -0.126. The van der Waals surface area contributed by atoms with E-state index in [1.165, 1.54) is 5.56 Å². The predicted molar refractivity (Wildman–Crippen MR) is 128 cm³/mol. The molecule has 2 aliphatic rings. The van der Waals surface area contributed by atoms with Gasteiger partial charge in [-0.25, -0.2) is 0 Å². The molecule has 0 bridgehead atoms. The standard InChI is InChI=1S/C27H34N2O4/c1-20-5-7-21(8-6-20)26(31)29-15-3-4-22(18-29)25(30)28-19-27(13-16-33-17-14-27)23-9-11-24(32-2)12-10-23/h5-12,22H,3-4,13-19H2,1-2H3,(H,28,30). The van der Waals surface area contributed by atoms with Crippen molar-refractivity contribution >= 4 is 11.8 Å². The van der Waals surface area contributed by atoms with Gasteiger partial charge in [-0.15, -0.1) is 0 Å². The lowest BCUT2D eigenvalue weighted by Gasteiger charge is -2.39.